The number of hydrogen-bond donors (Lipinski definition) is 1. The maximum absolute atomic E-state index is 11.6. The Morgan fingerprint density at radius 1 is 1.44 bits per heavy atom. The predicted molar refractivity (Wildman–Crippen MR) is 62.0 cm³/mol. The van der Waals surface area contributed by atoms with Crippen LogP contribution in [-0.2, 0) is 14.3 Å². The number of ether oxygens (including phenoxy) is 2. The fourth-order valence-corrected chi connectivity index (χ4v) is 2.24. The van der Waals surface area contributed by atoms with Gasteiger partial charge in [-0.2, -0.15) is 0 Å². The van der Waals surface area contributed by atoms with Gasteiger partial charge in [-0.15, -0.1) is 0 Å². The Labute approximate surface area is 97.5 Å². The molecule has 0 amide bonds. The summed E-state index contributed by atoms with van der Waals surface area (Å²) in [4.78, 5) is 11.6. The number of esters is 1. The Kier molecular flexibility index (Phi) is 3.97. The third kappa shape index (κ3) is 3.46. The zero-order valence-corrected chi connectivity index (χ0v) is 10.7. The van der Waals surface area contributed by atoms with E-state index in [0.29, 0.717) is 12.8 Å². The van der Waals surface area contributed by atoms with E-state index in [9.17, 15) is 4.79 Å². The highest BCUT2D eigenvalue weighted by molar-refractivity contribution is 5.80. The van der Waals surface area contributed by atoms with Gasteiger partial charge in [0.25, 0.3) is 0 Å². The van der Waals surface area contributed by atoms with Crippen molar-refractivity contribution in [1.82, 2.24) is 0 Å². The number of carbonyl (C=O) groups is 1. The van der Waals surface area contributed by atoms with E-state index < -0.39 is 5.54 Å². The van der Waals surface area contributed by atoms with Crippen LogP contribution in [0.25, 0.3) is 0 Å². The molecule has 16 heavy (non-hydrogen) atoms. The SMILES string of the molecule is COC(=O)C1(N)CCCC(OC(C)(C)C)C1. The second-order valence-electron chi connectivity index (χ2n) is 5.60. The quantitative estimate of drug-likeness (QED) is 0.731. The van der Waals surface area contributed by atoms with Crippen molar-refractivity contribution in [3.63, 3.8) is 0 Å². The highest BCUT2D eigenvalue weighted by Gasteiger charge is 2.41. The zero-order chi connectivity index (χ0) is 12.4. The van der Waals surface area contributed by atoms with Gasteiger partial charge >= 0.3 is 5.97 Å². The van der Waals surface area contributed by atoms with Crippen LogP contribution >= 0.6 is 0 Å². The van der Waals surface area contributed by atoms with E-state index in [1.807, 2.05) is 20.8 Å². The normalized spacial score (nSPS) is 31.2. The van der Waals surface area contributed by atoms with Crippen molar-refractivity contribution in [2.45, 2.75) is 63.7 Å². The number of hydrogen-bond acceptors (Lipinski definition) is 4. The average molecular weight is 229 g/mol. The Hall–Kier alpha value is -0.610. The lowest BCUT2D eigenvalue weighted by molar-refractivity contribution is -0.153. The monoisotopic (exact) mass is 229 g/mol. The van der Waals surface area contributed by atoms with Crippen LogP contribution in [0.4, 0.5) is 0 Å². The first-order valence-electron chi connectivity index (χ1n) is 5.82. The van der Waals surface area contributed by atoms with Crippen molar-refractivity contribution in [2.24, 2.45) is 5.73 Å². The van der Waals surface area contributed by atoms with Crippen LogP contribution in [0.15, 0.2) is 0 Å². The van der Waals surface area contributed by atoms with Crippen molar-refractivity contribution >= 4 is 5.97 Å². The van der Waals surface area contributed by atoms with Crippen LogP contribution in [0.3, 0.4) is 0 Å². The molecule has 0 aromatic carbocycles. The fourth-order valence-electron chi connectivity index (χ4n) is 2.24. The Morgan fingerprint density at radius 2 is 2.06 bits per heavy atom. The molecule has 0 aromatic heterocycles. The Morgan fingerprint density at radius 3 is 2.56 bits per heavy atom. The Bertz CT molecular complexity index is 259. The lowest BCUT2D eigenvalue weighted by atomic mass is 9.80. The topological polar surface area (TPSA) is 61.5 Å². The molecule has 0 radical (unpaired) electrons. The zero-order valence-electron chi connectivity index (χ0n) is 10.7. The van der Waals surface area contributed by atoms with Crippen molar-refractivity contribution in [1.29, 1.82) is 0 Å². The third-order valence-electron chi connectivity index (χ3n) is 2.85. The minimum absolute atomic E-state index is 0.0536. The number of rotatable bonds is 2. The summed E-state index contributed by atoms with van der Waals surface area (Å²) in [5.74, 6) is -0.324. The highest BCUT2D eigenvalue weighted by Crippen LogP contribution is 2.31. The van der Waals surface area contributed by atoms with Crippen LogP contribution in [0, 0.1) is 0 Å². The van der Waals surface area contributed by atoms with E-state index in [2.05, 4.69) is 0 Å². The molecule has 1 saturated carbocycles. The minimum Gasteiger partial charge on any atom is -0.468 e. The smallest absolute Gasteiger partial charge is 0.325 e. The van der Waals surface area contributed by atoms with Gasteiger partial charge in [0.05, 0.1) is 18.8 Å². The van der Waals surface area contributed by atoms with Crippen LogP contribution in [0.5, 0.6) is 0 Å². The summed E-state index contributed by atoms with van der Waals surface area (Å²) in [5, 5.41) is 0. The third-order valence-corrected chi connectivity index (χ3v) is 2.85. The molecule has 1 rings (SSSR count). The maximum Gasteiger partial charge on any atom is 0.325 e. The van der Waals surface area contributed by atoms with Gasteiger partial charge in [0.1, 0.15) is 5.54 Å². The van der Waals surface area contributed by atoms with Crippen molar-refractivity contribution < 1.29 is 14.3 Å². The minimum atomic E-state index is -0.858. The van der Waals surface area contributed by atoms with E-state index in [1.54, 1.807) is 0 Å². The molecule has 1 aliphatic carbocycles. The molecule has 0 bridgehead atoms. The van der Waals surface area contributed by atoms with Gasteiger partial charge in [-0.1, -0.05) is 0 Å². The van der Waals surface area contributed by atoms with Gasteiger partial charge < -0.3 is 15.2 Å². The summed E-state index contributed by atoms with van der Waals surface area (Å²) in [6.45, 7) is 6.04. The summed E-state index contributed by atoms with van der Waals surface area (Å²) < 4.78 is 10.6. The fraction of sp³-hybridized carbons (Fsp3) is 0.917. The molecular formula is C12H23NO3. The van der Waals surface area contributed by atoms with Crippen LogP contribution in [0.2, 0.25) is 0 Å². The van der Waals surface area contributed by atoms with E-state index in [4.69, 9.17) is 15.2 Å². The highest BCUT2D eigenvalue weighted by atomic mass is 16.5. The second-order valence-corrected chi connectivity index (χ2v) is 5.60. The number of carbonyl (C=O) groups excluding carboxylic acids is 1. The molecule has 2 atom stereocenters. The molecule has 0 heterocycles. The van der Waals surface area contributed by atoms with Gasteiger partial charge in [-0.05, 0) is 40.0 Å². The number of nitrogens with two attached hydrogens (primary N) is 1. The second kappa shape index (κ2) is 4.72. The Balaban J connectivity index is 2.63. The molecule has 0 aromatic rings. The molecule has 4 nitrogen and oxygen atoms in total. The van der Waals surface area contributed by atoms with Gasteiger partial charge in [-0.3, -0.25) is 4.79 Å². The first-order chi connectivity index (χ1) is 7.27. The summed E-state index contributed by atoms with van der Waals surface area (Å²) in [5.41, 5.74) is 5.01. The molecule has 0 saturated heterocycles. The molecule has 4 heteroatoms. The molecule has 1 fully saturated rings. The van der Waals surface area contributed by atoms with Crippen LogP contribution < -0.4 is 5.73 Å². The average Bonchev–Trinajstić information content (AvgIpc) is 2.14. The molecule has 0 spiro atoms. The van der Waals surface area contributed by atoms with Gasteiger partial charge in [0, 0.05) is 6.42 Å². The van der Waals surface area contributed by atoms with Crippen molar-refractivity contribution in [3.05, 3.63) is 0 Å². The molecule has 1 aliphatic rings. The first-order valence-corrected chi connectivity index (χ1v) is 5.82. The van der Waals surface area contributed by atoms with Gasteiger partial charge in [0.15, 0.2) is 0 Å². The largest absolute Gasteiger partial charge is 0.468 e. The van der Waals surface area contributed by atoms with Crippen LogP contribution in [0.1, 0.15) is 46.5 Å². The molecule has 94 valence electrons. The van der Waals surface area contributed by atoms with E-state index in [0.717, 1.165) is 12.8 Å². The lowest BCUT2D eigenvalue weighted by Crippen LogP contribution is -2.54. The molecule has 0 aliphatic heterocycles. The summed E-state index contributed by atoms with van der Waals surface area (Å²) in [7, 11) is 1.38. The summed E-state index contributed by atoms with van der Waals surface area (Å²) in [6, 6.07) is 0. The number of methoxy groups -OCH3 is 1. The van der Waals surface area contributed by atoms with E-state index in [-0.39, 0.29) is 17.7 Å². The summed E-state index contributed by atoms with van der Waals surface area (Å²) in [6.07, 6.45) is 3.16. The summed E-state index contributed by atoms with van der Waals surface area (Å²) >= 11 is 0. The van der Waals surface area contributed by atoms with Gasteiger partial charge in [0.2, 0.25) is 0 Å². The van der Waals surface area contributed by atoms with Crippen molar-refractivity contribution in [2.75, 3.05) is 7.11 Å². The molecule has 2 unspecified atom stereocenters. The molecular weight excluding hydrogens is 206 g/mol. The van der Waals surface area contributed by atoms with Gasteiger partial charge in [-0.25, -0.2) is 0 Å². The van der Waals surface area contributed by atoms with Crippen LogP contribution in [-0.4, -0.2) is 30.3 Å². The predicted octanol–water partition coefficient (Wildman–Crippen LogP) is 1.61. The standard InChI is InChI=1S/C12H23NO3/c1-11(2,3)16-9-6-5-7-12(13,8-9)10(14)15-4/h9H,5-8,13H2,1-4H3. The molecule has 2 N–H and O–H groups in total. The maximum atomic E-state index is 11.6. The van der Waals surface area contributed by atoms with Crippen molar-refractivity contribution in [3.8, 4) is 0 Å². The first kappa shape index (κ1) is 13.5. The van der Waals surface area contributed by atoms with E-state index >= 15 is 0 Å². The van der Waals surface area contributed by atoms with E-state index in [1.165, 1.54) is 7.11 Å². The lowest BCUT2D eigenvalue weighted by Gasteiger charge is -2.38.